The largest absolute Gasteiger partial charge is 0.481 e. The number of aromatic nitrogens is 3. The fourth-order valence-corrected chi connectivity index (χ4v) is 7.47. The van der Waals surface area contributed by atoms with Crippen molar-refractivity contribution in [3.63, 3.8) is 0 Å². The number of carbonyl (C=O) groups is 2. The molecule has 230 valence electrons. The minimum Gasteiger partial charge on any atom is -0.481 e. The Bertz CT molecular complexity index is 1910. The summed E-state index contributed by atoms with van der Waals surface area (Å²) in [5, 5.41) is 26.9. The highest BCUT2D eigenvalue weighted by Gasteiger charge is 2.48. The average molecular weight is 597 g/mol. The Kier molecular flexibility index (Phi) is 7.32. The molecule has 6 N–H and O–H groups in total. The average Bonchev–Trinajstić information content (AvgIpc) is 3.72. The summed E-state index contributed by atoms with van der Waals surface area (Å²) in [5.41, 5.74) is 11.5. The third-order valence-corrected chi connectivity index (χ3v) is 9.94. The highest BCUT2D eigenvalue weighted by molar-refractivity contribution is 5.95. The number of carboxylic acid groups (broad SMARTS) is 1. The molecule has 0 unspecified atom stereocenters. The van der Waals surface area contributed by atoms with Crippen molar-refractivity contribution in [2.45, 2.75) is 60.0 Å². The van der Waals surface area contributed by atoms with Crippen molar-refractivity contribution < 1.29 is 24.5 Å². The quantitative estimate of drug-likeness (QED) is 0.237. The van der Waals surface area contributed by atoms with Crippen LogP contribution in [0.2, 0.25) is 0 Å². The number of fused-ring (bicyclic) bond motifs is 7. The number of aliphatic carboxylic acids is 1. The standard InChI is InChI=1S/C35H40N4O5/c1-8-19-15(3)22-12-24-17(5)21(10-11-28(40)41)32(38-24)30-31(35(43)44-7)34(42)29-18(6)25(39-33(29)30)14-27-20(9-2)16(4)23(37-27)13-26(19)36-22/h8,12-14,17,21,31,34,36-39,42H,1,9-11H2,2-7H3,(H,40,41)/b23-13-,24-12-,27-14-,32-30-/t17-,21-,31+,34-/m0/s1. The van der Waals surface area contributed by atoms with Gasteiger partial charge in [0.2, 0.25) is 0 Å². The number of carboxylic acids is 1. The minimum absolute atomic E-state index is 0.0306. The van der Waals surface area contributed by atoms with E-state index < -0.39 is 24.0 Å². The van der Waals surface area contributed by atoms with Gasteiger partial charge in [-0.15, -0.1) is 0 Å². The lowest BCUT2D eigenvalue weighted by Crippen LogP contribution is -2.24. The van der Waals surface area contributed by atoms with Crippen molar-refractivity contribution in [3.8, 4) is 0 Å². The maximum absolute atomic E-state index is 13.3. The molecule has 5 heterocycles. The molecule has 1 aliphatic carbocycles. The molecule has 2 aliphatic heterocycles. The molecule has 0 spiro atoms. The fraction of sp³-hybridized carbons (Fsp3) is 0.371. The van der Waals surface area contributed by atoms with E-state index in [1.54, 1.807) is 0 Å². The van der Waals surface area contributed by atoms with Crippen LogP contribution in [0.5, 0.6) is 0 Å². The van der Waals surface area contributed by atoms with Crippen LogP contribution in [0.4, 0.5) is 0 Å². The van der Waals surface area contributed by atoms with Gasteiger partial charge in [-0.25, -0.2) is 0 Å². The van der Waals surface area contributed by atoms with Crippen molar-refractivity contribution in [1.82, 2.24) is 20.3 Å². The summed E-state index contributed by atoms with van der Waals surface area (Å²) in [6.07, 6.45) is 8.17. The lowest BCUT2D eigenvalue weighted by atomic mass is 9.84. The second-order valence-electron chi connectivity index (χ2n) is 12.2. The molecule has 9 heteroatoms. The molecule has 6 rings (SSSR count). The van der Waals surface area contributed by atoms with Gasteiger partial charge >= 0.3 is 11.9 Å². The molecule has 0 radical (unpaired) electrons. The summed E-state index contributed by atoms with van der Waals surface area (Å²) in [5.74, 6) is -2.70. The number of H-pyrrole nitrogens is 3. The van der Waals surface area contributed by atoms with E-state index in [0.29, 0.717) is 23.3 Å². The molecular weight excluding hydrogens is 556 g/mol. The van der Waals surface area contributed by atoms with Crippen LogP contribution in [0.1, 0.15) is 88.9 Å². The normalized spacial score (nSPS) is 26.2. The molecule has 1 saturated heterocycles. The van der Waals surface area contributed by atoms with Crippen molar-refractivity contribution in [1.29, 1.82) is 0 Å². The first-order chi connectivity index (χ1) is 21.0. The monoisotopic (exact) mass is 596 g/mol. The van der Waals surface area contributed by atoms with E-state index in [0.717, 1.165) is 67.8 Å². The first-order valence-corrected chi connectivity index (χ1v) is 15.2. The van der Waals surface area contributed by atoms with Gasteiger partial charge in [0.05, 0.1) is 18.9 Å². The number of hydrogen-bond acceptors (Lipinski definition) is 5. The Morgan fingerprint density at radius 2 is 1.70 bits per heavy atom. The molecule has 3 aliphatic rings. The number of methoxy groups -OCH3 is 1. The molecule has 44 heavy (non-hydrogen) atoms. The van der Waals surface area contributed by atoms with E-state index in [1.807, 2.05) is 13.0 Å². The van der Waals surface area contributed by atoms with Crippen LogP contribution in [0.25, 0.3) is 29.9 Å². The lowest BCUT2D eigenvalue weighted by Gasteiger charge is -2.21. The Labute approximate surface area is 256 Å². The Balaban J connectivity index is 1.73. The number of esters is 1. The van der Waals surface area contributed by atoms with Gasteiger partial charge in [0.25, 0.3) is 0 Å². The molecule has 1 fully saturated rings. The zero-order valence-electron chi connectivity index (χ0n) is 26.1. The van der Waals surface area contributed by atoms with Crippen molar-refractivity contribution in [3.05, 3.63) is 84.8 Å². The maximum Gasteiger partial charge on any atom is 0.316 e. The van der Waals surface area contributed by atoms with Crippen molar-refractivity contribution in [2.75, 3.05) is 7.11 Å². The van der Waals surface area contributed by atoms with Crippen LogP contribution in [-0.4, -0.2) is 44.2 Å². The number of nitrogens with one attached hydrogen (secondary N) is 4. The van der Waals surface area contributed by atoms with Gasteiger partial charge in [0, 0.05) is 74.1 Å². The van der Waals surface area contributed by atoms with Gasteiger partial charge in [0.15, 0.2) is 0 Å². The number of aliphatic hydroxyl groups is 1. The van der Waals surface area contributed by atoms with Gasteiger partial charge < -0.3 is 35.2 Å². The smallest absolute Gasteiger partial charge is 0.316 e. The molecule has 0 aromatic carbocycles. The van der Waals surface area contributed by atoms with Gasteiger partial charge in [0.1, 0.15) is 5.92 Å². The van der Waals surface area contributed by atoms with E-state index in [1.165, 1.54) is 12.7 Å². The third kappa shape index (κ3) is 4.40. The highest BCUT2D eigenvalue weighted by atomic mass is 16.5. The number of hydrogen-bond donors (Lipinski definition) is 6. The van der Waals surface area contributed by atoms with Crippen LogP contribution < -0.4 is 16.0 Å². The number of ether oxygens (including phenoxy) is 1. The summed E-state index contributed by atoms with van der Waals surface area (Å²) in [4.78, 5) is 35.8. The molecule has 3 aromatic heterocycles. The Hall–Kier alpha value is -4.50. The second kappa shape index (κ2) is 10.9. The van der Waals surface area contributed by atoms with Crippen LogP contribution in [0.15, 0.2) is 18.0 Å². The number of allylic oxidation sites excluding steroid dienone is 2. The predicted octanol–water partition coefficient (Wildman–Crippen LogP) is 4.08. The Morgan fingerprint density at radius 3 is 2.36 bits per heavy atom. The summed E-state index contributed by atoms with van der Waals surface area (Å²) in [6, 6.07) is 0. The maximum atomic E-state index is 13.3. The first kappa shape index (κ1) is 29.6. The van der Waals surface area contributed by atoms with E-state index in [4.69, 9.17) is 4.74 Å². The third-order valence-electron chi connectivity index (χ3n) is 9.94. The zero-order chi connectivity index (χ0) is 31.6. The fourth-order valence-electron chi connectivity index (χ4n) is 7.47. The van der Waals surface area contributed by atoms with Crippen molar-refractivity contribution in [2.24, 2.45) is 17.8 Å². The number of rotatable bonds is 6. The van der Waals surface area contributed by atoms with Crippen LogP contribution in [0, 0.1) is 38.5 Å². The van der Waals surface area contributed by atoms with Crippen LogP contribution in [-0.2, 0) is 20.7 Å². The first-order valence-electron chi connectivity index (χ1n) is 15.2. The molecule has 8 bridgehead atoms. The number of aliphatic hydroxyl groups excluding tert-OH is 1. The molecule has 4 atom stereocenters. The predicted molar refractivity (Wildman–Crippen MR) is 170 cm³/mol. The van der Waals surface area contributed by atoms with E-state index in [-0.39, 0.29) is 18.3 Å². The zero-order valence-corrected chi connectivity index (χ0v) is 26.1. The highest BCUT2D eigenvalue weighted by Crippen LogP contribution is 2.52. The topological polar surface area (TPSA) is 143 Å². The van der Waals surface area contributed by atoms with E-state index in [2.05, 4.69) is 72.8 Å². The number of carbonyl (C=O) groups excluding carboxylic acids is 1. The Morgan fingerprint density at radius 1 is 1.00 bits per heavy atom. The molecule has 3 aromatic rings. The summed E-state index contributed by atoms with van der Waals surface area (Å²) >= 11 is 0. The van der Waals surface area contributed by atoms with Gasteiger partial charge in [-0.1, -0.05) is 26.5 Å². The molecule has 0 amide bonds. The van der Waals surface area contributed by atoms with Crippen molar-refractivity contribution >= 4 is 41.8 Å². The molecule has 0 saturated carbocycles. The minimum atomic E-state index is -1.12. The van der Waals surface area contributed by atoms with Gasteiger partial charge in [-0.05, 0) is 74.1 Å². The second-order valence-corrected chi connectivity index (χ2v) is 12.2. The van der Waals surface area contributed by atoms with E-state index >= 15 is 0 Å². The van der Waals surface area contributed by atoms with Gasteiger partial charge in [-0.2, -0.15) is 0 Å². The van der Waals surface area contributed by atoms with E-state index in [9.17, 15) is 19.8 Å². The lowest BCUT2D eigenvalue weighted by molar-refractivity contribution is -0.146. The number of aromatic amines is 3. The van der Waals surface area contributed by atoms with Gasteiger partial charge in [-0.3, -0.25) is 9.59 Å². The summed E-state index contributed by atoms with van der Waals surface area (Å²) < 4.78 is 5.21. The van der Waals surface area contributed by atoms with Crippen LogP contribution in [0.3, 0.4) is 0 Å². The molecule has 9 nitrogen and oxygen atoms in total. The molecular formula is C35H40N4O5. The summed E-state index contributed by atoms with van der Waals surface area (Å²) in [7, 11) is 1.32. The van der Waals surface area contributed by atoms with Crippen LogP contribution >= 0.6 is 0 Å². The SMILES string of the molecule is C=Cc1c2[nH]c(c1C)/C=C1\N/C(=C3\c4[nH]c(c(C)c4[C@H](O)[C@@H]3C(=O)OC)/C=c3\[nH]/c(c(C)c3CC)=C\2)[C@@H](CCC(=O)O)[C@@H]1C. The summed E-state index contributed by atoms with van der Waals surface area (Å²) in [6.45, 7) is 14.4.